The standard InChI is InChI=1S/C18H21NO6S/c1-26(23,24)11-14-13-4-2-3-5-15(13)25-17(14)18(22)19-8-6-12(7-9-19)10-16(20)21/h2-5,12H,6-11H2,1H3,(H,20,21). The maximum absolute atomic E-state index is 12.9. The fourth-order valence-electron chi connectivity index (χ4n) is 3.41. The number of rotatable bonds is 5. The SMILES string of the molecule is CS(=O)(=O)Cc1c(C(=O)N2CCC(CC(=O)O)CC2)oc2ccccc12. The zero-order chi connectivity index (χ0) is 18.9. The van der Waals surface area contributed by atoms with Crippen LogP contribution < -0.4 is 0 Å². The number of hydrogen-bond acceptors (Lipinski definition) is 5. The van der Waals surface area contributed by atoms with E-state index < -0.39 is 15.8 Å². The van der Waals surface area contributed by atoms with E-state index in [9.17, 15) is 18.0 Å². The van der Waals surface area contributed by atoms with Gasteiger partial charge in [0.05, 0.1) is 5.75 Å². The van der Waals surface area contributed by atoms with E-state index in [4.69, 9.17) is 9.52 Å². The van der Waals surface area contributed by atoms with Crippen molar-refractivity contribution in [2.24, 2.45) is 5.92 Å². The minimum Gasteiger partial charge on any atom is -0.481 e. The Balaban J connectivity index is 1.87. The van der Waals surface area contributed by atoms with Crippen LogP contribution in [0.15, 0.2) is 28.7 Å². The van der Waals surface area contributed by atoms with E-state index in [0.717, 1.165) is 6.26 Å². The summed E-state index contributed by atoms with van der Waals surface area (Å²) in [5, 5.41) is 9.52. The number of hydrogen-bond donors (Lipinski definition) is 1. The molecule has 140 valence electrons. The van der Waals surface area contributed by atoms with Gasteiger partial charge in [0.1, 0.15) is 5.58 Å². The minimum absolute atomic E-state index is 0.0581. The molecule has 0 aliphatic carbocycles. The summed E-state index contributed by atoms with van der Waals surface area (Å²) in [5.74, 6) is -1.31. The first-order valence-electron chi connectivity index (χ1n) is 8.44. The molecule has 0 unspecified atom stereocenters. The van der Waals surface area contributed by atoms with Gasteiger partial charge in [-0.05, 0) is 24.8 Å². The molecule has 7 nitrogen and oxygen atoms in total. The highest BCUT2D eigenvalue weighted by atomic mass is 32.2. The van der Waals surface area contributed by atoms with Gasteiger partial charge < -0.3 is 14.4 Å². The average molecular weight is 379 g/mol. The third kappa shape index (κ3) is 4.07. The maximum atomic E-state index is 12.9. The van der Waals surface area contributed by atoms with Crippen LogP contribution in [0.1, 0.15) is 35.4 Å². The fourth-order valence-corrected chi connectivity index (χ4v) is 4.22. The Bertz CT molecular complexity index is 938. The van der Waals surface area contributed by atoms with E-state index in [0.29, 0.717) is 42.5 Å². The van der Waals surface area contributed by atoms with Crippen LogP contribution in [0.4, 0.5) is 0 Å². The van der Waals surface area contributed by atoms with Gasteiger partial charge in [-0.15, -0.1) is 0 Å². The zero-order valence-electron chi connectivity index (χ0n) is 14.5. The number of para-hydroxylation sites is 1. The topological polar surface area (TPSA) is 105 Å². The normalized spacial score (nSPS) is 16.1. The van der Waals surface area contributed by atoms with Crippen LogP contribution in [0.2, 0.25) is 0 Å². The molecule has 2 heterocycles. The lowest BCUT2D eigenvalue weighted by molar-refractivity contribution is -0.138. The number of sulfone groups is 1. The molecule has 1 amide bonds. The van der Waals surface area contributed by atoms with Crippen molar-refractivity contribution in [3.05, 3.63) is 35.6 Å². The maximum Gasteiger partial charge on any atom is 0.303 e. The molecule has 0 saturated carbocycles. The largest absolute Gasteiger partial charge is 0.481 e. The molecule has 1 aromatic heterocycles. The van der Waals surface area contributed by atoms with Gasteiger partial charge >= 0.3 is 5.97 Å². The quantitative estimate of drug-likeness (QED) is 0.855. The smallest absolute Gasteiger partial charge is 0.303 e. The van der Waals surface area contributed by atoms with Crippen LogP contribution in [-0.2, 0) is 20.4 Å². The molecule has 1 aromatic carbocycles. The van der Waals surface area contributed by atoms with Gasteiger partial charge in [0, 0.05) is 36.7 Å². The Labute approximate surface area is 151 Å². The van der Waals surface area contributed by atoms with Gasteiger partial charge in [-0.25, -0.2) is 8.42 Å². The molecule has 2 aromatic rings. The van der Waals surface area contributed by atoms with E-state index in [2.05, 4.69) is 0 Å². The summed E-state index contributed by atoms with van der Waals surface area (Å²) in [4.78, 5) is 25.4. The molecule has 0 radical (unpaired) electrons. The Kier molecular flexibility index (Phi) is 5.04. The number of nitrogens with zero attached hydrogens (tertiary/aromatic N) is 1. The van der Waals surface area contributed by atoms with Crippen molar-refractivity contribution in [1.82, 2.24) is 4.90 Å². The van der Waals surface area contributed by atoms with E-state index in [1.165, 1.54) is 0 Å². The number of likely N-dealkylation sites (tertiary alicyclic amines) is 1. The highest BCUT2D eigenvalue weighted by Crippen LogP contribution is 2.30. The van der Waals surface area contributed by atoms with Crippen molar-refractivity contribution in [1.29, 1.82) is 0 Å². The Hall–Kier alpha value is -2.35. The monoisotopic (exact) mass is 379 g/mol. The molecule has 1 N–H and O–H groups in total. The summed E-state index contributed by atoms with van der Waals surface area (Å²) in [6.07, 6.45) is 2.45. The van der Waals surface area contributed by atoms with E-state index in [-0.39, 0.29) is 29.8 Å². The molecule has 1 saturated heterocycles. The van der Waals surface area contributed by atoms with E-state index >= 15 is 0 Å². The van der Waals surface area contributed by atoms with Crippen molar-refractivity contribution >= 4 is 32.7 Å². The second-order valence-electron chi connectivity index (χ2n) is 6.81. The number of carboxylic acid groups (broad SMARTS) is 1. The van der Waals surface area contributed by atoms with Crippen LogP contribution in [0.3, 0.4) is 0 Å². The molecule has 3 rings (SSSR count). The van der Waals surface area contributed by atoms with Gasteiger partial charge in [0.25, 0.3) is 5.91 Å². The van der Waals surface area contributed by atoms with Crippen LogP contribution >= 0.6 is 0 Å². The zero-order valence-corrected chi connectivity index (χ0v) is 15.3. The molecular weight excluding hydrogens is 358 g/mol. The first-order valence-corrected chi connectivity index (χ1v) is 10.5. The first kappa shape index (κ1) is 18.4. The summed E-state index contributed by atoms with van der Waals surface area (Å²) < 4.78 is 29.3. The molecule has 0 bridgehead atoms. The number of furan rings is 1. The highest BCUT2D eigenvalue weighted by Gasteiger charge is 2.30. The Morgan fingerprint density at radius 1 is 1.23 bits per heavy atom. The summed E-state index contributed by atoms with van der Waals surface area (Å²) in [6, 6.07) is 6.99. The summed E-state index contributed by atoms with van der Waals surface area (Å²) in [5.41, 5.74) is 0.871. The number of carbonyl (C=O) groups is 2. The molecule has 26 heavy (non-hydrogen) atoms. The Morgan fingerprint density at radius 2 is 1.88 bits per heavy atom. The fraction of sp³-hybridized carbons (Fsp3) is 0.444. The van der Waals surface area contributed by atoms with Crippen LogP contribution in [0.25, 0.3) is 11.0 Å². The number of carboxylic acids is 1. The molecule has 0 spiro atoms. The van der Waals surface area contributed by atoms with Crippen molar-refractivity contribution in [3.8, 4) is 0 Å². The molecule has 0 atom stereocenters. The summed E-state index contributed by atoms with van der Waals surface area (Å²) in [7, 11) is -3.34. The van der Waals surface area contributed by atoms with Crippen LogP contribution in [0.5, 0.6) is 0 Å². The van der Waals surface area contributed by atoms with E-state index in [1.807, 2.05) is 0 Å². The summed E-state index contributed by atoms with van der Waals surface area (Å²) >= 11 is 0. The van der Waals surface area contributed by atoms with Gasteiger partial charge in [-0.1, -0.05) is 18.2 Å². The van der Waals surface area contributed by atoms with Gasteiger partial charge in [-0.3, -0.25) is 9.59 Å². The molecule has 8 heteroatoms. The number of carbonyl (C=O) groups excluding carboxylic acids is 1. The molecule has 1 fully saturated rings. The van der Waals surface area contributed by atoms with Crippen molar-refractivity contribution in [2.75, 3.05) is 19.3 Å². The third-order valence-corrected chi connectivity index (χ3v) is 5.48. The van der Waals surface area contributed by atoms with Crippen molar-refractivity contribution in [3.63, 3.8) is 0 Å². The average Bonchev–Trinajstić information content (AvgIpc) is 2.91. The number of benzene rings is 1. The predicted molar refractivity (Wildman–Crippen MR) is 95.6 cm³/mol. The van der Waals surface area contributed by atoms with E-state index in [1.54, 1.807) is 29.2 Å². The number of fused-ring (bicyclic) bond motifs is 1. The Morgan fingerprint density at radius 3 is 2.50 bits per heavy atom. The number of aliphatic carboxylic acids is 1. The molecule has 1 aliphatic rings. The van der Waals surface area contributed by atoms with Crippen LogP contribution in [0, 0.1) is 5.92 Å². The molecule has 1 aliphatic heterocycles. The van der Waals surface area contributed by atoms with Gasteiger partial charge in [0.15, 0.2) is 15.6 Å². The molecular formula is C18H21NO6S. The number of amides is 1. The first-order chi connectivity index (χ1) is 12.2. The second kappa shape index (κ2) is 7.11. The minimum atomic E-state index is -3.34. The van der Waals surface area contributed by atoms with Gasteiger partial charge in [-0.2, -0.15) is 0 Å². The van der Waals surface area contributed by atoms with Gasteiger partial charge in [0.2, 0.25) is 0 Å². The highest BCUT2D eigenvalue weighted by molar-refractivity contribution is 7.89. The van der Waals surface area contributed by atoms with Crippen LogP contribution in [-0.4, -0.2) is 49.6 Å². The van der Waals surface area contributed by atoms with Crippen molar-refractivity contribution < 1.29 is 27.5 Å². The predicted octanol–water partition coefficient (Wildman–Crippen LogP) is 2.30. The lowest BCUT2D eigenvalue weighted by atomic mass is 9.93. The van der Waals surface area contributed by atoms with Crippen molar-refractivity contribution in [2.45, 2.75) is 25.0 Å². The summed E-state index contributed by atoms with van der Waals surface area (Å²) in [6.45, 7) is 0.873. The number of piperidine rings is 1. The lowest BCUT2D eigenvalue weighted by Gasteiger charge is -2.31. The third-order valence-electron chi connectivity index (χ3n) is 4.66. The second-order valence-corrected chi connectivity index (χ2v) is 8.95. The lowest BCUT2D eigenvalue weighted by Crippen LogP contribution is -2.39.